The molecule has 1 heterocycles. The molecule has 0 aliphatic carbocycles. The Morgan fingerprint density at radius 2 is 1.43 bits per heavy atom. The molecule has 3 amide bonds. The van der Waals surface area contributed by atoms with E-state index in [1.54, 1.807) is 0 Å². The maximum absolute atomic E-state index is 13.9. The van der Waals surface area contributed by atoms with Crippen LogP contribution in [0.25, 0.3) is 0 Å². The summed E-state index contributed by atoms with van der Waals surface area (Å²) in [5.41, 5.74) is -3.05. The summed E-state index contributed by atoms with van der Waals surface area (Å²) in [6.45, 7) is -3.09. The highest BCUT2D eigenvalue weighted by atomic mass is 19.3. The molecule has 30 heavy (non-hydrogen) atoms. The number of rotatable bonds is 5. The smallest absolute Gasteiger partial charge is 0.387 e. The highest BCUT2D eigenvalue weighted by molar-refractivity contribution is 6.07. The second-order valence-electron chi connectivity index (χ2n) is 6.40. The Kier molecular flexibility index (Phi) is 5.35. The Hall–Kier alpha value is -3.31. The minimum atomic E-state index is -3.09. The van der Waals surface area contributed by atoms with Crippen LogP contribution in [0.3, 0.4) is 0 Å². The minimum absolute atomic E-state index is 0.0994. The number of hydrogen-bond donors (Lipinski definition) is 1. The lowest BCUT2D eigenvalue weighted by molar-refractivity contribution is -0.131. The summed E-state index contributed by atoms with van der Waals surface area (Å²) < 4.78 is 96.4. The number of ether oxygens (including phenoxy) is 1. The average molecular weight is 436 g/mol. The molecule has 1 aliphatic heterocycles. The van der Waals surface area contributed by atoms with Gasteiger partial charge in [-0.1, -0.05) is 12.1 Å². The number of imide groups is 1. The van der Waals surface area contributed by atoms with Gasteiger partial charge in [0.2, 0.25) is 5.82 Å². The Morgan fingerprint density at radius 3 is 1.93 bits per heavy atom. The van der Waals surface area contributed by atoms with Crippen molar-refractivity contribution in [1.82, 2.24) is 10.2 Å². The molecule has 1 fully saturated rings. The zero-order valence-corrected chi connectivity index (χ0v) is 14.9. The van der Waals surface area contributed by atoms with Crippen molar-refractivity contribution in [1.29, 1.82) is 0 Å². The first kappa shape index (κ1) is 21.4. The topological polar surface area (TPSA) is 58.6 Å². The molecule has 2 aromatic carbocycles. The fourth-order valence-corrected chi connectivity index (χ4v) is 2.95. The summed E-state index contributed by atoms with van der Waals surface area (Å²) in [5, 5.41) is 2.25. The van der Waals surface area contributed by atoms with E-state index in [2.05, 4.69) is 10.1 Å². The lowest BCUT2D eigenvalue weighted by Gasteiger charge is -2.22. The molecule has 0 saturated carbocycles. The van der Waals surface area contributed by atoms with Crippen molar-refractivity contribution < 1.29 is 45.1 Å². The first-order valence-corrected chi connectivity index (χ1v) is 8.17. The summed E-state index contributed by atoms with van der Waals surface area (Å²) in [7, 11) is 0. The molecular weight excluding hydrogens is 425 g/mol. The molecule has 1 atom stereocenters. The van der Waals surface area contributed by atoms with E-state index < -0.39 is 65.3 Å². The van der Waals surface area contributed by atoms with Crippen molar-refractivity contribution >= 4 is 11.9 Å². The standard InChI is InChI=1S/C18H11F7N2O3/c1-18(7-2-4-8(5-3-7)30-16(24)25)15(28)27(17(29)26-18)6-9-10(19)12(21)14(23)13(22)11(9)20/h2-5,16H,6H2,1H3,(H,26,29)/t18-/m0/s1. The number of benzene rings is 2. The predicted octanol–water partition coefficient (Wildman–Crippen LogP) is 3.95. The number of nitrogens with zero attached hydrogens (tertiary/aromatic N) is 1. The Labute approximate surface area is 164 Å². The Bertz CT molecular complexity index is 1000. The van der Waals surface area contributed by atoms with E-state index in [4.69, 9.17) is 0 Å². The van der Waals surface area contributed by atoms with E-state index in [-0.39, 0.29) is 16.2 Å². The van der Waals surface area contributed by atoms with Crippen molar-refractivity contribution in [2.75, 3.05) is 0 Å². The van der Waals surface area contributed by atoms with Crippen LogP contribution in [0.5, 0.6) is 5.75 Å². The van der Waals surface area contributed by atoms with Gasteiger partial charge in [0.25, 0.3) is 5.91 Å². The molecule has 3 rings (SSSR count). The average Bonchev–Trinajstić information content (AvgIpc) is 2.91. The number of hydrogen-bond acceptors (Lipinski definition) is 3. The summed E-state index contributed by atoms with van der Waals surface area (Å²) in [6.07, 6.45) is 0. The van der Waals surface area contributed by atoms with Gasteiger partial charge in [0.15, 0.2) is 23.3 Å². The van der Waals surface area contributed by atoms with Crippen molar-refractivity contribution in [2.24, 2.45) is 0 Å². The maximum atomic E-state index is 13.9. The van der Waals surface area contributed by atoms with Gasteiger partial charge in [-0.2, -0.15) is 8.78 Å². The van der Waals surface area contributed by atoms with E-state index >= 15 is 0 Å². The number of urea groups is 1. The summed E-state index contributed by atoms with van der Waals surface area (Å²) in [4.78, 5) is 25.2. The summed E-state index contributed by atoms with van der Waals surface area (Å²) >= 11 is 0. The van der Waals surface area contributed by atoms with Crippen LogP contribution in [0.4, 0.5) is 35.5 Å². The molecular formula is C18H11F7N2O3. The van der Waals surface area contributed by atoms with E-state index in [9.17, 15) is 40.3 Å². The molecule has 160 valence electrons. The van der Waals surface area contributed by atoms with Gasteiger partial charge in [-0.15, -0.1) is 0 Å². The second-order valence-corrected chi connectivity index (χ2v) is 6.40. The van der Waals surface area contributed by atoms with Crippen LogP contribution in [0, 0.1) is 29.1 Å². The number of carbonyl (C=O) groups is 2. The molecule has 1 saturated heterocycles. The third kappa shape index (κ3) is 3.42. The van der Waals surface area contributed by atoms with Crippen LogP contribution in [0.2, 0.25) is 0 Å². The van der Waals surface area contributed by atoms with Crippen LogP contribution >= 0.6 is 0 Å². The number of alkyl halides is 2. The van der Waals surface area contributed by atoms with Gasteiger partial charge in [0.1, 0.15) is 11.3 Å². The van der Waals surface area contributed by atoms with Crippen LogP contribution in [-0.2, 0) is 16.9 Å². The van der Waals surface area contributed by atoms with Gasteiger partial charge in [0.05, 0.1) is 6.54 Å². The van der Waals surface area contributed by atoms with Gasteiger partial charge in [-0.3, -0.25) is 9.69 Å². The third-order valence-corrected chi connectivity index (χ3v) is 4.55. The molecule has 2 aromatic rings. The molecule has 0 bridgehead atoms. The first-order valence-electron chi connectivity index (χ1n) is 8.17. The minimum Gasteiger partial charge on any atom is -0.435 e. The summed E-state index contributed by atoms with van der Waals surface area (Å²) in [5.74, 6) is -12.4. The predicted molar refractivity (Wildman–Crippen MR) is 85.7 cm³/mol. The monoisotopic (exact) mass is 436 g/mol. The molecule has 0 spiro atoms. The molecule has 0 aromatic heterocycles. The van der Waals surface area contributed by atoms with Crippen LogP contribution < -0.4 is 10.1 Å². The van der Waals surface area contributed by atoms with E-state index in [1.165, 1.54) is 19.1 Å². The molecule has 0 unspecified atom stereocenters. The number of amides is 3. The van der Waals surface area contributed by atoms with E-state index in [0.29, 0.717) is 0 Å². The van der Waals surface area contributed by atoms with Crippen molar-refractivity contribution in [2.45, 2.75) is 25.6 Å². The van der Waals surface area contributed by atoms with Gasteiger partial charge in [0, 0.05) is 5.56 Å². The van der Waals surface area contributed by atoms with Crippen LogP contribution in [0.1, 0.15) is 18.1 Å². The van der Waals surface area contributed by atoms with Gasteiger partial charge < -0.3 is 10.1 Å². The molecule has 5 nitrogen and oxygen atoms in total. The SMILES string of the molecule is C[C@@]1(c2ccc(OC(F)F)cc2)NC(=O)N(Cc2c(F)c(F)c(F)c(F)c2F)C1=O. The van der Waals surface area contributed by atoms with Gasteiger partial charge in [-0.05, 0) is 24.6 Å². The molecule has 1 aliphatic rings. The molecule has 0 radical (unpaired) electrons. The Balaban J connectivity index is 1.92. The highest BCUT2D eigenvalue weighted by Crippen LogP contribution is 2.32. The van der Waals surface area contributed by atoms with E-state index in [1.807, 2.05) is 0 Å². The fraction of sp³-hybridized carbons (Fsp3) is 0.222. The third-order valence-electron chi connectivity index (χ3n) is 4.55. The molecule has 1 N–H and O–H groups in total. The first-order chi connectivity index (χ1) is 14.0. The zero-order valence-electron chi connectivity index (χ0n) is 14.9. The maximum Gasteiger partial charge on any atom is 0.387 e. The van der Waals surface area contributed by atoms with Gasteiger partial charge >= 0.3 is 12.6 Å². The zero-order chi connectivity index (χ0) is 22.4. The number of carbonyl (C=O) groups excluding carboxylic acids is 2. The highest BCUT2D eigenvalue weighted by Gasteiger charge is 2.49. The van der Waals surface area contributed by atoms with Crippen molar-refractivity contribution in [3.05, 3.63) is 64.5 Å². The lowest BCUT2D eigenvalue weighted by atomic mass is 9.92. The number of halogens is 7. The lowest BCUT2D eigenvalue weighted by Crippen LogP contribution is -2.40. The van der Waals surface area contributed by atoms with E-state index in [0.717, 1.165) is 12.1 Å². The largest absolute Gasteiger partial charge is 0.435 e. The van der Waals surface area contributed by atoms with Crippen LogP contribution in [0.15, 0.2) is 24.3 Å². The van der Waals surface area contributed by atoms with Crippen molar-refractivity contribution in [3.63, 3.8) is 0 Å². The Morgan fingerprint density at radius 1 is 0.933 bits per heavy atom. The normalized spacial score (nSPS) is 18.9. The number of nitrogens with one attached hydrogen (secondary N) is 1. The summed E-state index contributed by atoms with van der Waals surface area (Å²) in [6, 6.07) is 3.42. The molecule has 12 heteroatoms. The second kappa shape index (κ2) is 7.50. The quantitative estimate of drug-likeness (QED) is 0.334. The van der Waals surface area contributed by atoms with Gasteiger partial charge in [-0.25, -0.2) is 26.7 Å². The van der Waals surface area contributed by atoms with Crippen molar-refractivity contribution in [3.8, 4) is 5.75 Å². The van der Waals surface area contributed by atoms with Crippen LogP contribution in [-0.4, -0.2) is 23.4 Å². The fourth-order valence-electron chi connectivity index (χ4n) is 2.95.